The van der Waals surface area contributed by atoms with Crippen LogP contribution in [0.3, 0.4) is 0 Å². The summed E-state index contributed by atoms with van der Waals surface area (Å²) in [6.07, 6.45) is -0.819. The van der Waals surface area contributed by atoms with E-state index in [0.29, 0.717) is 6.42 Å². The second kappa shape index (κ2) is 6.94. The summed E-state index contributed by atoms with van der Waals surface area (Å²) in [4.78, 5) is 11.6. The van der Waals surface area contributed by atoms with Gasteiger partial charge in [0.15, 0.2) is 0 Å². The zero-order chi connectivity index (χ0) is 16.2. The maximum absolute atomic E-state index is 11.6. The molecule has 0 rings (SSSR count). The standard InChI is InChI=1S/C11H23NO5S/c1-6-7-9(17-18(5,14)15)8-12-10(13)16-11(2,3)4/h9H,6-8H2,1-5H3,(H,12,13)/i8D2. The van der Waals surface area contributed by atoms with Gasteiger partial charge in [0.1, 0.15) is 5.60 Å². The Bertz CT molecular complexity index is 431. The molecule has 1 N–H and O–H groups in total. The number of hydrogen-bond donors (Lipinski definition) is 1. The number of carbonyl (C=O) groups excluding carboxylic acids is 1. The first-order valence-electron chi connectivity index (χ1n) is 6.66. The highest BCUT2D eigenvalue weighted by Gasteiger charge is 2.19. The molecule has 0 fully saturated rings. The Morgan fingerprint density at radius 2 is 2.00 bits per heavy atom. The van der Waals surface area contributed by atoms with Gasteiger partial charge >= 0.3 is 6.09 Å². The summed E-state index contributed by atoms with van der Waals surface area (Å²) >= 11 is 0. The molecule has 1 atom stereocenters. The quantitative estimate of drug-likeness (QED) is 0.750. The van der Waals surface area contributed by atoms with Crippen LogP contribution in [0, 0.1) is 0 Å². The molecule has 0 saturated carbocycles. The lowest BCUT2D eigenvalue weighted by atomic mass is 10.2. The van der Waals surface area contributed by atoms with E-state index < -0.39 is 34.4 Å². The summed E-state index contributed by atoms with van der Waals surface area (Å²) < 4.78 is 47.5. The monoisotopic (exact) mass is 283 g/mol. The lowest BCUT2D eigenvalue weighted by molar-refractivity contribution is 0.0499. The molecule has 0 aromatic rings. The van der Waals surface area contributed by atoms with Crippen molar-refractivity contribution in [1.82, 2.24) is 5.32 Å². The van der Waals surface area contributed by atoms with E-state index in [0.717, 1.165) is 6.26 Å². The first-order valence-corrected chi connectivity index (χ1v) is 7.48. The predicted octanol–water partition coefficient (Wildman–Crippen LogP) is 1.66. The molecule has 7 heteroatoms. The highest BCUT2D eigenvalue weighted by molar-refractivity contribution is 7.86. The van der Waals surface area contributed by atoms with Gasteiger partial charge in [0, 0.05) is 6.50 Å². The number of amides is 1. The summed E-state index contributed by atoms with van der Waals surface area (Å²) in [5.74, 6) is 0. The van der Waals surface area contributed by atoms with Gasteiger partial charge in [0.2, 0.25) is 0 Å². The van der Waals surface area contributed by atoms with E-state index in [-0.39, 0.29) is 6.42 Å². The van der Waals surface area contributed by atoms with Crippen LogP contribution >= 0.6 is 0 Å². The van der Waals surface area contributed by atoms with E-state index in [1.165, 1.54) is 0 Å². The Morgan fingerprint density at radius 1 is 1.44 bits per heavy atom. The molecule has 0 aromatic heterocycles. The fourth-order valence-corrected chi connectivity index (χ4v) is 1.63. The molecule has 1 unspecified atom stereocenters. The van der Waals surface area contributed by atoms with E-state index in [1.54, 1.807) is 27.7 Å². The SMILES string of the molecule is [2H]C([2H])(NC(=O)OC(C)(C)C)C(CCC)OS(C)(=O)=O. The molecule has 0 radical (unpaired) electrons. The van der Waals surface area contributed by atoms with Gasteiger partial charge in [-0.2, -0.15) is 8.42 Å². The zero-order valence-corrected chi connectivity index (χ0v) is 12.3. The molecule has 0 spiro atoms. The molecule has 18 heavy (non-hydrogen) atoms. The van der Waals surface area contributed by atoms with Crippen molar-refractivity contribution in [2.24, 2.45) is 0 Å². The van der Waals surface area contributed by atoms with E-state index in [9.17, 15) is 13.2 Å². The van der Waals surface area contributed by atoms with E-state index in [1.807, 2.05) is 5.32 Å². The predicted molar refractivity (Wildman–Crippen MR) is 68.9 cm³/mol. The molecule has 108 valence electrons. The van der Waals surface area contributed by atoms with Crippen LogP contribution in [-0.4, -0.2) is 39.0 Å². The molecule has 0 aliphatic rings. The van der Waals surface area contributed by atoms with Gasteiger partial charge < -0.3 is 10.1 Å². The fraction of sp³-hybridized carbons (Fsp3) is 0.909. The minimum atomic E-state index is -3.83. The maximum Gasteiger partial charge on any atom is 0.407 e. The van der Waals surface area contributed by atoms with Gasteiger partial charge in [-0.05, 0) is 27.2 Å². The van der Waals surface area contributed by atoms with Gasteiger partial charge in [-0.15, -0.1) is 0 Å². The number of alkyl carbamates (subject to hydrolysis) is 1. The van der Waals surface area contributed by atoms with Crippen LogP contribution < -0.4 is 5.32 Å². The second-order valence-electron chi connectivity index (χ2n) is 4.85. The first kappa shape index (κ1) is 13.6. The average molecular weight is 283 g/mol. The van der Waals surface area contributed by atoms with Crippen molar-refractivity contribution in [2.75, 3.05) is 12.8 Å². The van der Waals surface area contributed by atoms with Crippen molar-refractivity contribution < 1.29 is 24.9 Å². The number of nitrogens with one attached hydrogen (secondary N) is 1. The highest BCUT2D eigenvalue weighted by Crippen LogP contribution is 2.08. The number of ether oxygens (including phenoxy) is 1. The van der Waals surface area contributed by atoms with Crippen LogP contribution in [0.5, 0.6) is 0 Å². The summed E-state index contributed by atoms with van der Waals surface area (Å²) in [6.45, 7) is 4.31. The number of carbonyl (C=O) groups is 1. The van der Waals surface area contributed by atoms with Crippen LogP contribution in [0.2, 0.25) is 0 Å². The van der Waals surface area contributed by atoms with Crippen molar-refractivity contribution in [3.63, 3.8) is 0 Å². The van der Waals surface area contributed by atoms with E-state index >= 15 is 0 Å². The number of hydrogen-bond acceptors (Lipinski definition) is 5. The molecule has 0 aliphatic heterocycles. The highest BCUT2D eigenvalue weighted by atomic mass is 32.2. The molecule has 6 nitrogen and oxygen atoms in total. The topological polar surface area (TPSA) is 81.7 Å². The van der Waals surface area contributed by atoms with Crippen molar-refractivity contribution in [3.8, 4) is 0 Å². The van der Waals surface area contributed by atoms with E-state index in [4.69, 9.17) is 11.7 Å². The van der Waals surface area contributed by atoms with Gasteiger partial charge in [-0.3, -0.25) is 4.18 Å². The summed E-state index contributed by atoms with van der Waals surface area (Å²) in [5.41, 5.74) is -0.780. The third-order valence-electron chi connectivity index (χ3n) is 1.58. The Hall–Kier alpha value is -0.820. The van der Waals surface area contributed by atoms with Crippen molar-refractivity contribution in [3.05, 3.63) is 0 Å². The molecule has 0 bridgehead atoms. The second-order valence-corrected chi connectivity index (χ2v) is 6.45. The van der Waals surface area contributed by atoms with E-state index in [2.05, 4.69) is 0 Å². The van der Waals surface area contributed by atoms with Crippen LogP contribution in [0.25, 0.3) is 0 Å². The molecule has 1 amide bonds. The van der Waals surface area contributed by atoms with Gasteiger partial charge in [-0.1, -0.05) is 13.3 Å². The fourth-order valence-electron chi connectivity index (χ4n) is 1.06. The summed E-state index contributed by atoms with van der Waals surface area (Å²) in [5, 5.41) is 2.00. The zero-order valence-electron chi connectivity index (χ0n) is 13.4. The molecule has 0 aliphatic carbocycles. The molecule has 0 saturated heterocycles. The lowest BCUT2D eigenvalue weighted by Crippen LogP contribution is -2.38. The van der Waals surface area contributed by atoms with Gasteiger partial charge in [0.05, 0.1) is 15.1 Å². The van der Waals surface area contributed by atoms with Crippen LogP contribution in [0.4, 0.5) is 4.79 Å². The Balaban J connectivity index is 4.90. The largest absolute Gasteiger partial charge is 0.444 e. The molecule has 0 heterocycles. The Labute approximate surface area is 112 Å². The van der Waals surface area contributed by atoms with Gasteiger partial charge in [0.25, 0.3) is 10.1 Å². The minimum absolute atomic E-state index is 0.135. The molecule has 0 aromatic carbocycles. The van der Waals surface area contributed by atoms with Crippen LogP contribution in [0.15, 0.2) is 0 Å². The van der Waals surface area contributed by atoms with Crippen molar-refractivity contribution >= 4 is 16.2 Å². The maximum atomic E-state index is 11.6. The van der Waals surface area contributed by atoms with Gasteiger partial charge in [-0.25, -0.2) is 4.79 Å². The molecular weight excluding hydrogens is 258 g/mol. The summed E-state index contributed by atoms with van der Waals surface area (Å²) in [6, 6.07) is 0. The first-order chi connectivity index (χ1) is 8.77. The minimum Gasteiger partial charge on any atom is -0.444 e. The lowest BCUT2D eigenvalue weighted by Gasteiger charge is -2.21. The normalized spacial score (nSPS) is 16.5. The van der Waals surface area contributed by atoms with Crippen molar-refractivity contribution in [1.29, 1.82) is 0 Å². The Kier molecular flexibility index (Phi) is 5.25. The summed E-state index contributed by atoms with van der Waals surface area (Å²) in [7, 11) is -3.83. The van der Waals surface area contributed by atoms with Crippen molar-refractivity contribution in [2.45, 2.75) is 52.2 Å². The smallest absolute Gasteiger partial charge is 0.407 e. The van der Waals surface area contributed by atoms with Crippen LogP contribution in [0.1, 0.15) is 43.3 Å². The average Bonchev–Trinajstić information content (AvgIpc) is 2.10. The Morgan fingerprint density at radius 3 is 2.39 bits per heavy atom. The third-order valence-corrected chi connectivity index (χ3v) is 2.16. The van der Waals surface area contributed by atoms with Crippen LogP contribution in [-0.2, 0) is 19.0 Å². The third kappa shape index (κ3) is 10.3. The molecular formula is C11H23NO5S. The number of rotatable bonds is 6.